The molecule has 1 rings (SSSR count). The molecule has 98 valence electrons. The third-order valence-electron chi connectivity index (χ3n) is 3.11. The highest BCUT2D eigenvalue weighted by Crippen LogP contribution is 2.12. The zero-order valence-corrected chi connectivity index (χ0v) is 10.5. The van der Waals surface area contributed by atoms with Gasteiger partial charge in [0.1, 0.15) is 0 Å². The number of cyclic esters (lactones) is 1. The van der Waals surface area contributed by atoms with Gasteiger partial charge >= 0.3 is 5.97 Å². The second-order valence-electron chi connectivity index (χ2n) is 4.61. The largest absolute Gasteiger partial charge is 0.466 e. The molecule has 1 heterocycles. The first kappa shape index (κ1) is 14.0. The van der Waals surface area contributed by atoms with Crippen molar-refractivity contribution in [2.24, 2.45) is 5.16 Å². The van der Waals surface area contributed by atoms with Crippen LogP contribution >= 0.6 is 0 Å². The van der Waals surface area contributed by atoms with Gasteiger partial charge in [-0.2, -0.15) is 0 Å². The standard InChI is InChI=1S/C13H23NO3/c15-13-10-6-4-2-1-3-5-8-12(14-16)9-7-11-17-13/h16H,1-11H2/b14-12-. The highest BCUT2D eigenvalue weighted by molar-refractivity contribution is 5.83. The minimum absolute atomic E-state index is 0.0930. The molecule has 4 nitrogen and oxygen atoms in total. The van der Waals surface area contributed by atoms with Crippen molar-refractivity contribution in [1.82, 2.24) is 0 Å². The van der Waals surface area contributed by atoms with E-state index in [2.05, 4.69) is 5.16 Å². The molecule has 0 spiro atoms. The van der Waals surface area contributed by atoms with Gasteiger partial charge < -0.3 is 9.94 Å². The second-order valence-corrected chi connectivity index (χ2v) is 4.61. The van der Waals surface area contributed by atoms with Crippen LogP contribution in [0.15, 0.2) is 5.16 Å². The van der Waals surface area contributed by atoms with Crippen LogP contribution in [0.4, 0.5) is 0 Å². The Bertz CT molecular complexity index is 251. The minimum atomic E-state index is -0.0930. The molecule has 0 unspecified atom stereocenters. The maximum Gasteiger partial charge on any atom is 0.305 e. The molecule has 4 heteroatoms. The normalized spacial score (nSPS) is 24.0. The summed E-state index contributed by atoms with van der Waals surface area (Å²) in [5, 5.41) is 12.1. The number of oxime groups is 1. The van der Waals surface area contributed by atoms with Gasteiger partial charge in [0.05, 0.1) is 12.3 Å². The topological polar surface area (TPSA) is 58.9 Å². The molecule has 0 bridgehead atoms. The van der Waals surface area contributed by atoms with Crippen molar-refractivity contribution in [3.63, 3.8) is 0 Å². The molecule has 1 aliphatic heterocycles. The lowest BCUT2D eigenvalue weighted by Crippen LogP contribution is -2.08. The monoisotopic (exact) mass is 241 g/mol. The lowest BCUT2D eigenvalue weighted by molar-refractivity contribution is -0.143. The summed E-state index contributed by atoms with van der Waals surface area (Å²) in [4.78, 5) is 11.3. The van der Waals surface area contributed by atoms with E-state index < -0.39 is 0 Å². The molecular weight excluding hydrogens is 218 g/mol. The van der Waals surface area contributed by atoms with E-state index in [4.69, 9.17) is 9.94 Å². The Hall–Kier alpha value is -1.06. The summed E-state index contributed by atoms with van der Waals surface area (Å²) in [6, 6.07) is 0. The van der Waals surface area contributed by atoms with Crippen LogP contribution in [0.25, 0.3) is 0 Å². The van der Waals surface area contributed by atoms with Crippen molar-refractivity contribution in [3.05, 3.63) is 0 Å². The van der Waals surface area contributed by atoms with Crippen molar-refractivity contribution in [3.8, 4) is 0 Å². The van der Waals surface area contributed by atoms with Gasteiger partial charge in [-0.25, -0.2) is 0 Å². The summed E-state index contributed by atoms with van der Waals surface area (Å²) in [7, 11) is 0. The summed E-state index contributed by atoms with van der Waals surface area (Å²) in [6.45, 7) is 0.442. The van der Waals surface area contributed by atoms with E-state index in [0.717, 1.165) is 44.2 Å². The molecule has 0 aromatic carbocycles. The minimum Gasteiger partial charge on any atom is -0.466 e. The molecule has 1 aliphatic rings. The number of rotatable bonds is 0. The summed E-state index contributed by atoms with van der Waals surface area (Å²) >= 11 is 0. The Labute approximate surface area is 103 Å². The molecule has 0 atom stereocenters. The van der Waals surface area contributed by atoms with Crippen LogP contribution in [-0.4, -0.2) is 23.5 Å². The smallest absolute Gasteiger partial charge is 0.305 e. The predicted octanol–water partition coefficient (Wildman–Crippen LogP) is 3.27. The number of carbonyl (C=O) groups is 1. The van der Waals surface area contributed by atoms with Gasteiger partial charge in [0.2, 0.25) is 0 Å². The fourth-order valence-electron chi connectivity index (χ4n) is 2.06. The SMILES string of the molecule is O=C1CCCCCCCC/C(=N/O)CCCO1. The quantitative estimate of drug-likeness (QED) is 0.402. The summed E-state index contributed by atoms with van der Waals surface area (Å²) in [5.74, 6) is -0.0930. The molecule has 0 aliphatic carbocycles. The molecular formula is C13H23NO3. The third kappa shape index (κ3) is 6.97. The number of hydrogen-bond acceptors (Lipinski definition) is 4. The molecule has 0 radical (unpaired) electrons. The summed E-state index contributed by atoms with van der Waals surface area (Å²) in [5.41, 5.74) is 0.832. The van der Waals surface area contributed by atoms with Crippen LogP contribution in [0, 0.1) is 0 Å². The molecule has 0 saturated carbocycles. The van der Waals surface area contributed by atoms with Gasteiger partial charge in [-0.15, -0.1) is 0 Å². The molecule has 1 N–H and O–H groups in total. The molecule has 0 aromatic rings. The first-order valence-corrected chi connectivity index (χ1v) is 6.68. The van der Waals surface area contributed by atoms with Gasteiger partial charge in [0.15, 0.2) is 0 Å². The predicted molar refractivity (Wildman–Crippen MR) is 66.4 cm³/mol. The van der Waals surface area contributed by atoms with Crippen LogP contribution < -0.4 is 0 Å². The van der Waals surface area contributed by atoms with Gasteiger partial charge in [-0.1, -0.05) is 30.8 Å². The Morgan fingerprint density at radius 3 is 2.18 bits per heavy atom. The van der Waals surface area contributed by atoms with E-state index in [9.17, 15) is 4.79 Å². The first-order valence-electron chi connectivity index (χ1n) is 6.68. The zero-order chi connectivity index (χ0) is 12.3. The van der Waals surface area contributed by atoms with E-state index in [1.165, 1.54) is 19.3 Å². The number of nitrogens with zero attached hydrogens (tertiary/aromatic N) is 1. The van der Waals surface area contributed by atoms with E-state index in [0.29, 0.717) is 13.0 Å². The van der Waals surface area contributed by atoms with Crippen LogP contribution in [0.3, 0.4) is 0 Å². The summed E-state index contributed by atoms with van der Waals surface area (Å²) < 4.78 is 5.10. The average molecular weight is 241 g/mol. The number of esters is 1. The number of hydrogen-bond donors (Lipinski definition) is 1. The van der Waals surface area contributed by atoms with Crippen LogP contribution in [0.5, 0.6) is 0 Å². The van der Waals surface area contributed by atoms with Crippen molar-refractivity contribution >= 4 is 11.7 Å². The van der Waals surface area contributed by atoms with Gasteiger partial charge in [-0.3, -0.25) is 4.79 Å². The molecule has 0 amide bonds. The number of ether oxygens (including phenoxy) is 1. The van der Waals surface area contributed by atoms with Gasteiger partial charge in [0, 0.05) is 6.42 Å². The molecule has 0 aromatic heterocycles. The van der Waals surface area contributed by atoms with E-state index in [1.807, 2.05) is 0 Å². The van der Waals surface area contributed by atoms with Gasteiger partial charge in [0.25, 0.3) is 0 Å². The Morgan fingerprint density at radius 1 is 0.882 bits per heavy atom. The Kier molecular flexibility index (Phi) is 7.43. The highest BCUT2D eigenvalue weighted by atomic mass is 16.5. The maximum atomic E-state index is 11.3. The lowest BCUT2D eigenvalue weighted by Gasteiger charge is -2.08. The van der Waals surface area contributed by atoms with Crippen LogP contribution in [-0.2, 0) is 9.53 Å². The molecule has 17 heavy (non-hydrogen) atoms. The van der Waals surface area contributed by atoms with E-state index in [-0.39, 0.29) is 5.97 Å². The molecule has 1 saturated heterocycles. The van der Waals surface area contributed by atoms with E-state index >= 15 is 0 Å². The summed E-state index contributed by atoms with van der Waals surface area (Å²) in [6.07, 6.45) is 9.60. The van der Waals surface area contributed by atoms with Crippen molar-refractivity contribution in [2.45, 2.75) is 64.2 Å². The van der Waals surface area contributed by atoms with E-state index in [1.54, 1.807) is 0 Å². The second kappa shape index (κ2) is 9.02. The van der Waals surface area contributed by atoms with Crippen molar-refractivity contribution in [2.75, 3.05) is 6.61 Å². The van der Waals surface area contributed by atoms with Gasteiger partial charge in [-0.05, 0) is 32.1 Å². The third-order valence-corrected chi connectivity index (χ3v) is 3.11. The fraction of sp³-hybridized carbons (Fsp3) is 0.846. The van der Waals surface area contributed by atoms with Crippen LogP contribution in [0.1, 0.15) is 64.2 Å². The zero-order valence-electron chi connectivity index (χ0n) is 10.5. The fourth-order valence-corrected chi connectivity index (χ4v) is 2.06. The first-order chi connectivity index (χ1) is 8.33. The highest BCUT2D eigenvalue weighted by Gasteiger charge is 2.06. The van der Waals surface area contributed by atoms with Crippen molar-refractivity contribution in [1.29, 1.82) is 0 Å². The lowest BCUT2D eigenvalue weighted by atomic mass is 10.0. The molecule has 1 fully saturated rings. The average Bonchev–Trinajstić information content (AvgIpc) is 2.34. The Morgan fingerprint density at radius 2 is 1.47 bits per heavy atom. The Balaban J connectivity index is 2.32. The van der Waals surface area contributed by atoms with Crippen LogP contribution in [0.2, 0.25) is 0 Å². The van der Waals surface area contributed by atoms with Crippen molar-refractivity contribution < 1.29 is 14.7 Å². The maximum absolute atomic E-state index is 11.3. The number of carbonyl (C=O) groups excluding carboxylic acids is 1.